The van der Waals surface area contributed by atoms with Crippen molar-refractivity contribution in [2.75, 3.05) is 12.5 Å². The summed E-state index contributed by atoms with van der Waals surface area (Å²) in [4.78, 5) is 0. The third kappa shape index (κ3) is 0.972. The summed E-state index contributed by atoms with van der Waals surface area (Å²) in [6, 6.07) is 0. The van der Waals surface area contributed by atoms with Crippen molar-refractivity contribution in [1.29, 1.82) is 0 Å². The Bertz CT molecular complexity index is 111. The van der Waals surface area contributed by atoms with Gasteiger partial charge in [0.25, 0.3) is 0 Å². The Morgan fingerprint density at radius 3 is 2.88 bits per heavy atom. The molecule has 46 valence electrons. The Labute approximate surface area is 54.3 Å². The summed E-state index contributed by atoms with van der Waals surface area (Å²) >= 11 is 5.62. The molecule has 1 unspecified atom stereocenters. The van der Waals surface area contributed by atoms with E-state index in [2.05, 4.69) is 6.92 Å². The first-order chi connectivity index (χ1) is 3.77. The van der Waals surface area contributed by atoms with E-state index < -0.39 is 0 Å². The van der Waals surface area contributed by atoms with Gasteiger partial charge in [-0.3, -0.25) is 0 Å². The van der Waals surface area contributed by atoms with E-state index in [0.29, 0.717) is 5.88 Å². The van der Waals surface area contributed by atoms with Gasteiger partial charge in [-0.05, 0) is 6.08 Å². The Morgan fingerprint density at radius 1 is 1.88 bits per heavy atom. The van der Waals surface area contributed by atoms with E-state index in [1.165, 1.54) is 0 Å². The lowest BCUT2D eigenvalue weighted by atomic mass is 9.97. The highest BCUT2D eigenvalue weighted by atomic mass is 35.5. The van der Waals surface area contributed by atoms with E-state index in [1.807, 2.05) is 6.08 Å². The lowest BCUT2D eigenvalue weighted by Gasteiger charge is -2.13. The molecule has 1 atom stereocenters. The first kappa shape index (κ1) is 5.96. The predicted molar refractivity (Wildman–Crippen MR) is 33.9 cm³/mol. The average molecular weight is 133 g/mol. The zero-order chi connectivity index (χ0) is 6.04. The maximum Gasteiger partial charge on any atom is 0.0973 e. The molecule has 0 bridgehead atoms. The molecular formula is C6H9ClO. The van der Waals surface area contributed by atoms with Crippen LogP contribution in [0.1, 0.15) is 6.92 Å². The Balaban J connectivity index is 2.54. The number of hydrogen-bond acceptors (Lipinski definition) is 1. The van der Waals surface area contributed by atoms with E-state index in [4.69, 9.17) is 16.3 Å². The lowest BCUT2D eigenvalue weighted by molar-refractivity contribution is 0.212. The molecule has 0 aliphatic carbocycles. The van der Waals surface area contributed by atoms with Gasteiger partial charge < -0.3 is 4.74 Å². The predicted octanol–water partition coefficient (Wildman–Crippen LogP) is 1.78. The van der Waals surface area contributed by atoms with Crippen LogP contribution in [0.25, 0.3) is 0 Å². The Hall–Kier alpha value is -0.170. The molecule has 1 rings (SSSR count). The first-order valence-corrected chi connectivity index (χ1v) is 3.16. The molecule has 0 aromatic carbocycles. The van der Waals surface area contributed by atoms with Gasteiger partial charge in [-0.1, -0.05) is 6.92 Å². The molecule has 0 saturated carbocycles. The topological polar surface area (TPSA) is 9.23 Å². The molecule has 1 heterocycles. The molecule has 0 spiro atoms. The van der Waals surface area contributed by atoms with Crippen LogP contribution in [0.4, 0.5) is 0 Å². The monoisotopic (exact) mass is 132 g/mol. The number of ether oxygens (including phenoxy) is 1. The second kappa shape index (κ2) is 1.98. The van der Waals surface area contributed by atoms with Crippen molar-refractivity contribution in [2.24, 2.45) is 5.41 Å². The normalized spacial score (nSPS) is 35.2. The van der Waals surface area contributed by atoms with Crippen molar-refractivity contribution in [2.45, 2.75) is 6.92 Å². The minimum atomic E-state index is 0.0988. The van der Waals surface area contributed by atoms with Crippen LogP contribution in [0.3, 0.4) is 0 Å². The highest BCUT2D eigenvalue weighted by Gasteiger charge is 2.23. The highest BCUT2D eigenvalue weighted by molar-refractivity contribution is 6.18. The number of halogens is 1. The van der Waals surface area contributed by atoms with Crippen molar-refractivity contribution in [3.05, 3.63) is 12.3 Å². The minimum Gasteiger partial charge on any atom is -0.501 e. The van der Waals surface area contributed by atoms with Crippen LogP contribution < -0.4 is 0 Å². The first-order valence-electron chi connectivity index (χ1n) is 2.62. The van der Waals surface area contributed by atoms with E-state index in [1.54, 1.807) is 6.26 Å². The van der Waals surface area contributed by atoms with E-state index in [0.717, 1.165) is 6.61 Å². The summed E-state index contributed by atoms with van der Waals surface area (Å²) in [7, 11) is 0. The molecule has 1 aliphatic heterocycles. The average Bonchev–Trinajstić information content (AvgIpc) is 2.17. The summed E-state index contributed by atoms with van der Waals surface area (Å²) in [6.45, 7) is 2.81. The van der Waals surface area contributed by atoms with Crippen molar-refractivity contribution in [3.63, 3.8) is 0 Å². The van der Waals surface area contributed by atoms with Gasteiger partial charge in [-0.2, -0.15) is 0 Å². The maximum atomic E-state index is 5.62. The van der Waals surface area contributed by atoms with Crippen LogP contribution in [-0.2, 0) is 4.74 Å². The van der Waals surface area contributed by atoms with E-state index >= 15 is 0 Å². The zero-order valence-corrected chi connectivity index (χ0v) is 5.61. The molecule has 0 saturated heterocycles. The van der Waals surface area contributed by atoms with Crippen molar-refractivity contribution < 1.29 is 4.74 Å². The standard InChI is InChI=1S/C6H9ClO/c1-6(4-7)2-3-8-5-6/h2-3H,4-5H2,1H3. The summed E-state index contributed by atoms with van der Waals surface area (Å²) in [5.74, 6) is 0.642. The van der Waals surface area contributed by atoms with E-state index in [-0.39, 0.29) is 5.41 Å². The molecule has 0 radical (unpaired) electrons. The molecule has 0 amide bonds. The van der Waals surface area contributed by atoms with Crippen LogP contribution in [0.15, 0.2) is 12.3 Å². The van der Waals surface area contributed by atoms with Gasteiger partial charge in [0.15, 0.2) is 0 Å². The molecule has 0 N–H and O–H groups in total. The van der Waals surface area contributed by atoms with Gasteiger partial charge in [0.2, 0.25) is 0 Å². The summed E-state index contributed by atoms with van der Waals surface area (Å²) < 4.78 is 4.99. The van der Waals surface area contributed by atoms with Gasteiger partial charge in [-0.15, -0.1) is 11.6 Å². The molecule has 1 aliphatic rings. The second-order valence-corrected chi connectivity index (χ2v) is 2.67. The van der Waals surface area contributed by atoms with Gasteiger partial charge in [0, 0.05) is 11.3 Å². The SMILES string of the molecule is CC1(CCl)C=COC1. The van der Waals surface area contributed by atoms with Crippen LogP contribution in [0, 0.1) is 5.41 Å². The number of hydrogen-bond donors (Lipinski definition) is 0. The zero-order valence-electron chi connectivity index (χ0n) is 4.86. The van der Waals surface area contributed by atoms with Crippen molar-refractivity contribution in [3.8, 4) is 0 Å². The largest absolute Gasteiger partial charge is 0.501 e. The number of alkyl halides is 1. The number of rotatable bonds is 1. The van der Waals surface area contributed by atoms with E-state index in [9.17, 15) is 0 Å². The quantitative estimate of drug-likeness (QED) is 0.495. The fourth-order valence-electron chi connectivity index (χ4n) is 0.582. The molecular weight excluding hydrogens is 124 g/mol. The summed E-state index contributed by atoms with van der Waals surface area (Å²) in [5.41, 5.74) is 0.0988. The van der Waals surface area contributed by atoms with Crippen LogP contribution >= 0.6 is 11.6 Å². The summed E-state index contributed by atoms with van der Waals surface area (Å²) in [5, 5.41) is 0. The van der Waals surface area contributed by atoms with Gasteiger partial charge in [-0.25, -0.2) is 0 Å². The van der Waals surface area contributed by atoms with Crippen LogP contribution in [0.5, 0.6) is 0 Å². The Kier molecular flexibility index (Phi) is 1.47. The van der Waals surface area contributed by atoms with Crippen LogP contribution in [-0.4, -0.2) is 12.5 Å². The molecule has 0 aromatic rings. The molecule has 1 nitrogen and oxygen atoms in total. The molecule has 0 aromatic heterocycles. The van der Waals surface area contributed by atoms with Crippen molar-refractivity contribution >= 4 is 11.6 Å². The molecule has 0 fully saturated rings. The molecule has 2 heteroatoms. The van der Waals surface area contributed by atoms with Crippen molar-refractivity contribution in [1.82, 2.24) is 0 Å². The third-order valence-corrected chi connectivity index (χ3v) is 1.90. The second-order valence-electron chi connectivity index (χ2n) is 2.40. The van der Waals surface area contributed by atoms with Gasteiger partial charge >= 0.3 is 0 Å². The van der Waals surface area contributed by atoms with Gasteiger partial charge in [0.05, 0.1) is 12.9 Å². The fraction of sp³-hybridized carbons (Fsp3) is 0.667. The lowest BCUT2D eigenvalue weighted by Crippen LogP contribution is -2.16. The molecule has 8 heavy (non-hydrogen) atoms. The summed E-state index contributed by atoms with van der Waals surface area (Å²) in [6.07, 6.45) is 3.71. The Morgan fingerprint density at radius 2 is 2.62 bits per heavy atom. The smallest absolute Gasteiger partial charge is 0.0973 e. The third-order valence-electron chi connectivity index (χ3n) is 1.28. The van der Waals surface area contributed by atoms with Gasteiger partial charge in [0.1, 0.15) is 0 Å². The highest BCUT2D eigenvalue weighted by Crippen LogP contribution is 2.25. The fourth-order valence-corrected chi connectivity index (χ4v) is 0.748. The maximum absolute atomic E-state index is 5.62. The van der Waals surface area contributed by atoms with Crippen LogP contribution in [0.2, 0.25) is 0 Å². The minimum absolute atomic E-state index is 0.0988.